The van der Waals surface area contributed by atoms with Crippen LogP contribution in [0.3, 0.4) is 0 Å². The number of thioether (sulfide) groups is 1. The summed E-state index contributed by atoms with van der Waals surface area (Å²) in [5, 5.41) is 8.55. The molecule has 0 radical (unpaired) electrons. The standard InChI is InChI=1S/C21H18N4OS2/c1-12-19-15(13-7-9-14(27-2)10-8-13)11-18(26)23-20(19)25(24-12)21-22-16-5-3-4-6-17(16)28-21/h3-10,15H,11H2,1-2H3,(H,23,26). The van der Waals surface area contributed by atoms with Crippen LogP contribution in [0.5, 0.6) is 0 Å². The summed E-state index contributed by atoms with van der Waals surface area (Å²) in [6.07, 6.45) is 2.49. The zero-order valence-corrected chi connectivity index (χ0v) is 17.1. The molecule has 0 saturated heterocycles. The van der Waals surface area contributed by atoms with E-state index in [1.54, 1.807) is 27.8 Å². The van der Waals surface area contributed by atoms with Gasteiger partial charge in [-0.25, -0.2) is 4.98 Å². The van der Waals surface area contributed by atoms with Crippen LogP contribution in [0.15, 0.2) is 53.4 Å². The number of thiazole rings is 1. The van der Waals surface area contributed by atoms with Gasteiger partial charge in [-0.05, 0) is 43.0 Å². The molecule has 2 aromatic heterocycles. The van der Waals surface area contributed by atoms with Crippen molar-refractivity contribution in [3.8, 4) is 5.13 Å². The van der Waals surface area contributed by atoms with E-state index in [1.807, 2.05) is 31.2 Å². The van der Waals surface area contributed by atoms with Crippen molar-refractivity contribution >= 4 is 45.0 Å². The number of aromatic nitrogens is 3. The smallest absolute Gasteiger partial charge is 0.226 e. The van der Waals surface area contributed by atoms with Crippen LogP contribution in [-0.2, 0) is 4.79 Å². The highest BCUT2D eigenvalue weighted by molar-refractivity contribution is 7.98. The number of anilines is 1. The molecule has 0 fully saturated rings. The monoisotopic (exact) mass is 406 g/mol. The Labute approximate surface area is 170 Å². The molecule has 1 atom stereocenters. The Morgan fingerprint density at radius 2 is 1.96 bits per heavy atom. The van der Waals surface area contributed by atoms with Crippen LogP contribution in [0.2, 0.25) is 0 Å². The number of rotatable bonds is 3. The van der Waals surface area contributed by atoms with Crippen LogP contribution >= 0.6 is 23.1 Å². The van der Waals surface area contributed by atoms with E-state index in [1.165, 1.54) is 4.90 Å². The van der Waals surface area contributed by atoms with Crippen LogP contribution in [0, 0.1) is 6.92 Å². The van der Waals surface area contributed by atoms with Gasteiger partial charge in [0.15, 0.2) is 0 Å². The fraction of sp³-hybridized carbons (Fsp3) is 0.190. The lowest BCUT2D eigenvalue weighted by atomic mass is 9.86. The Hall–Kier alpha value is -2.64. The molecule has 5 nitrogen and oxygen atoms in total. The Balaban J connectivity index is 1.64. The maximum absolute atomic E-state index is 12.5. The molecule has 28 heavy (non-hydrogen) atoms. The number of aryl methyl sites for hydroxylation is 1. The van der Waals surface area contributed by atoms with Crippen LogP contribution in [0.25, 0.3) is 15.3 Å². The van der Waals surface area contributed by atoms with E-state index < -0.39 is 0 Å². The Bertz CT molecular complexity index is 1160. The third kappa shape index (κ3) is 2.82. The van der Waals surface area contributed by atoms with Crippen molar-refractivity contribution < 1.29 is 4.79 Å². The maximum atomic E-state index is 12.5. The number of amides is 1. The summed E-state index contributed by atoms with van der Waals surface area (Å²) >= 11 is 3.29. The number of benzene rings is 2. The SMILES string of the molecule is CSc1ccc(C2CC(=O)Nc3c2c(C)nn3-c2nc3ccccc3s2)cc1. The first kappa shape index (κ1) is 17.5. The van der Waals surface area contributed by atoms with E-state index in [0.717, 1.165) is 38.0 Å². The molecule has 7 heteroatoms. The number of hydrogen-bond acceptors (Lipinski definition) is 5. The van der Waals surface area contributed by atoms with E-state index in [-0.39, 0.29) is 11.8 Å². The highest BCUT2D eigenvalue weighted by Crippen LogP contribution is 2.41. The minimum absolute atomic E-state index is 0.00258. The Morgan fingerprint density at radius 1 is 1.18 bits per heavy atom. The third-order valence-electron chi connectivity index (χ3n) is 5.08. The number of nitrogens with one attached hydrogen (secondary N) is 1. The number of para-hydroxylation sites is 1. The summed E-state index contributed by atoms with van der Waals surface area (Å²) in [6, 6.07) is 16.5. The van der Waals surface area contributed by atoms with Crippen LogP contribution in [-0.4, -0.2) is 26.9 Å². The first-order chi connectivity index (χ1) is 13.6. The number of nitrogens with zero attached hydrogens (tertiary/aromatic N) is 3. The Morgan fingerprint density at radius 3 is 2.71 bits per heavy atom. The Kier molecular flexibility index (Phi) is 4.21. The van der Waals surface area contributed by atoms with Gasteiger partial charge < -0.3 is 5.32 Å². The summed E-state index contributed by atoms with van der Waals surface area (Å²) in [7, 11) is 0. The van der Waals surface area contributed by atoms with Gasteiger partial charge in [0.1, 0.15) is 5.82 Å². The molecule has 140 valence electrons. The topological polar surface area (TPSA) is 59.8 Å². The van der Waals surface area contributed by atoms with E-state index >= 15 is 0 Å². The lowest BCUT2D eigenvalue weighted by Gasteiger charge is -2.24. The van der Waals surface area contributed by atoms with Gasteiger partial charge in [0.2, 0.25) is 11.0 Å². The van der Waals surface area contributed by atoms with Gasteiger partial charge in [-0.2, -0.15) is 9.78 Å². The first-order valence-corrected chi connectivity index (χ1v) is 11.1. The van der Waals surface area contributed by atoms with E-state index in [2.05, 4.69) is 35.8 Å². The van der Waals surface area contributed by atoms with E-state index in [0.29, 0.717) is 6.42 Å². The fourth-order valence-electron chi connectivity index (χ4n) is 3.76. The van der Waals surface area contributed by atoms with E-state index in [9.17, 15) is 4.79 Å². The van der Waals surface area contributed by atoms with Gasteiger partial charge in [-0.3, -0.25) is 4.79 Å². The zero-order chi connectivity index (χ0) is 19.3. The molecule has 1 aliphatic rings. The second kappa shape index (κ2) is 6.76. The summed E-state index contributed by atoms with van der Waals surface area (Å²) in [4.78, 5) is 18.5. The molecule has 5 rings (SSSR count). The maximum Gasteiger partial charge on any atom is 0.226 e. The van der Waals surface area contributed by atoms with Crippen LogP contribution in [0.1, 0.15) is 29.2 Å². The molecule has 1 N–H and O–H groups in total. The van der Waals surface area contributed by atoms with Crippen molar-refractivity contribution in [2.45, 2.75) is 24.2 Å². The molecular formula is C21H18N4OS2. The van der Waals surface area contributed by atoms with Gasteiger partial charge in [0, 0.05) is 22.8 Å². The number of carbonyl (C=O) groups excluding carboxylic acids is 1. The molecule has 1 unspecified atom stereocenters. The van der Waals surface area contributed by atoms with Crippen molar-refractivity contribution in [3.05, 3.63) is 65.4 Å². The van der Waals surface area contributed by atoms with Crippen molar-refractivity contribution in [1.29, 1.82) is 0 Å². The van der Waals surface area contributed by atoms with Crippen molar-refractivity contribution in [2.75, 3.05) is 11.6 Å². The average molecular weight is 407 g/mol. The van der Waals surface area contributed by atoms with Gasteiger partial charge in [-0.15, -0.1) is 11.8 Å². The van der Waals surface area contributed by atoms with Gasteiger partial charge in [0.25, 0.3) is 0 Å². The molecule has 2 aromatic carbocycles. The molecule has 0 spiro atoms. The van der Waals surface area contributed by atoms with Crippen LogP contribution < -0.4 is 5.32 Å². The second-order valence-electron chi connectivity index (χ2n) is 6.80. The highest BCUT2D eigenvalue weighted by atomic mass is 32.2. The predicted molar refractivity (Wildman–Crippen MR) is 115 cm³/mol. The van der Waals surface area contributed by atoms with Gasteiger partial charge in [0.05, 0.1) is 15.9 Å². The molecular weight excluding hydrogens is 388 g/mol. The van der Waals surface area contributed by atoms with Gasteiger partial charge >= 0.3 is 0 Å². The molecule has 0 aliphatic carbocycles. The first-order valence-electron chi connectivity index (χ1n) is 9.03. The summed E-state index contributed by atoms with van der Waals surface area (Å²) < 4.78 is 2.89. The highest BCUT2D eigenvalue weighted by Gasteiger charge is 2.33. The minimum atomic E-state index is 0.00258. The lowest BCUT2D eigenvalue weighted by molar-refractivity contribution is -0.116. The molecule has 0 saturated carbocycles. The molecule has 3 heterocycles. The van der Waals surface area contributed by atoms with Crippen molar-refractivity contribution in [1.82, 2.24) is 14.8 Å². The van der Waals surface area contributed by atoms with Crippen LogP contribution in [0.4, 0.5) is 5.82 Å². The normalized spacial score (nSPS) is 16.2. The fourth-order valence-corrected chi connectivity index (χ4v) is 5.09. The molecule has 1 amide bonds. The average Bonchev–Trinajstić information content (AvgIpc) is 3.28. The number of carbonyl (C=O) groups is 1. The molecule has 4 aromatic rings. The zero-order valence-electron chi connectivity index (χ0n) is 15.5. The van der Waals surface area contributed by atoms with Crippen molar-refractivity contribution in [3.63, 3.8) is 0 Å². The lowest BCUT2D eigenvalue weighted by Crippen LogP contribution is -2.24. The summed E-state index contributed by atoms with van der Waals surface area (Å²) in [6.45, 7) is 2.00. The second-order valence-corrected chi connectivity index (χ2v) is 8.69. The summed E-state index contributed by atoms with van der Waals surface area (Å²) in [5.41, 5.74) is 4.08. The largest absolute Gasteiger partial charge is 0.310 e. The quantitative estimate of drug-likeness (QED) is 0.487. The van der Waals surface area contributed by atoms with E-state index in [4.69, 9.17) is 10.1 Å². The molecule has 0 bridgehead atoms. The third-order valence-corrected chi connectivity index (χ3v) is 6.84. The number of hydrogen-bond donors (Lipinski definition) is 1. The number of fused-ring (bicyclic) bond motifs is 2. The predicted octanol–water partition coefficient (Wildman–Crippen LogP) is 4.99. The van der Waals surface area contributed by atoms with Crippen molar-refractivity contribution in [2.24, 2.45) is 0 Å². The molecule has 1 aliphatic heterocycles. The minimum Gasteiger partial charge on any atom is -0.310 e. The van der Waals surface area contributed by atoms with Gasteiger partial charge in [-0.1, -0.05) is 35.6 Å². The summed E-state index contributed by atoms with van der Waals surface area (Å²) in [5.74, 6) is 0.753.